The molecule has 0 bridgehead atoms. The molecule has 0 radical (unpaired) electrons. The monoisotopic (exact) mass is 412 g/mol. The fraction of sp³-hybridized carbons (Fsp3) is 0.500. The molecule has 1 N–H and O–H groups in total. The van der Waals surface area contributed by atoms with Crippen molar-refractivity contribution >= 4 is 23.5 Å². The quantitative estimate of drug-likeness (QED) is 0.784. The van der Waals surface area contributed by atoms with Gasteiger partial charge in [-0.15, -0.1) is 0 Å². The number of ether oxygens (including phenoxy) is 1. The number of carbonyl (C=O) groups excluding carboxylic acids is 1. The van der Waals surface area contributed by atoms with Crippen molar-refractivity contribution in [3.05, 3.63) is 42.2 Å². The van der Waals surface area contributed by atoms with Gasteiger partial charge in [-0.2, -0.15) is 0 Å². The standard InChI is InChI=1S/C22H28N4O2S/c1-16-4-6-19(7-5-16)29-22-20(23-10-11-24-22)26-12-8-17(9-13-26)21(27)25-15-18-3-2-14-28-18/h4-7,10-11,17-18H,2-3,8-9,12-15H2,1H3,(H,25,27)/t18-/m1/s1. The highest BCUT2D eigenvalue weighted by Gasteiger charge is 2.28. The van der Waals surface area contributed by atoms with E-state index in [1.165, 1.54) is 5.56 Å². The third-order valence-electron chi connectivity index (χ3n) is 5.58. The van der Waals surface area contributed by atoms with Gasteiger partial charge in [0, 0.05) is 49.4 Å². The first-order valence-corrected chi connectivity index (χ1v) is 11.2. The number of amides is 1. The second-order valence-electron chi connectivity index (χ2n) is 7.74. The molecule has 6 nitrogen and oxygen atoms in total. The number of benzene rings is 1. The topological polar surface area (TPSA) is 67.4 Å². The highest BCUT2D eigenvalue weighted by Crippen LogP contribution is 2.34. The summed E-state index contributed by atoms with van der Waals surface area (Å²) in [6.45, 7) is 5.18. The lowest BCUT2D eigenvalue weighted by Crippen LogP contribution is -2.42. The molecule has 0 saturated carbocycles. The first-order chi connectivity index (χ1) is 14.2. The molecule has 2 aromatic rings. The van der Waals surface area contributed by atoms with E-state index in [1.54, 1.807) is 24.2 Å². The van der Waals surface area contributed by atoms with Gasteiger partial charge >= 0.3 is 0 Å². The first-order valence-electron chi connectivity index (χ1n) is 10.4. The summed E-state index contributed by atoms with van der Waals surface area (Å²) in [5.74, 6) is 1.14. The summed E-state index contributed by atoms with van der Waals surface area (Å²) in [7, 11) is 0. The smallest absolute Gasteiger partial charge is 0.223 e. The van der Waals surface area contributed by atoms with Crippen LogP contribution in [-0.4, -0.2) is 48.2 Å². The number of carbonyl (C=O) groups is 1. The van der Waals surface area contributed by atoms with Crippen LogP contribution in [0.4, 0.5) is 5.82 Å². The molecule has 154 valence electrons. The number of aryl methyl sites for hydroxylation is 1. The normalized spacial score (nSPS) is 20.0. The molecule has 2 aliphatic heterocycles. The lowest BCUT2D eigenvalue weighted by Gasteiger charge is -2.32. The van der Waals surface area contributed by atoms with Gasteiger partial charge in [-0.1, -0.05) is 29.5 Å². The molecule has 1 amide bonds. The maximum atomic E-state index is 12.5. The molecule has 1 aromatic carbocycles. The van der Waals surface area contributed by atoms with Crippen molar-refractivity contribution in [2.75, 3.05) is 31.1 Å². The van der Waals surface area contributed by atoms with Crippen molar-refractivity contribution in [2.24, 2.45) is 5.92 Å². The molecule has 1 aromatic heterocycles. The minimum atomic E-state index is 0.0672. The van der Waals surface area contributed by atoms with Crippen LogP contribution in [0.5, 0.6) is 0 Å². The number of piperidine rings is 1. The van der Waals surface area contributed by atoms with Crippen LogP contribution in [0.3, 0.4) is 0 Å². The molecule has 2 aliphatic rings. The molecular formula is C22H28N4O2S. The number of nitrogens with zero attached hydrogens (tertiary/aromatic N) is 3. The van der Waals surface area contributed by atoms with E-state index in [9.17, 15) is 4.79 Å². The van der Waals surface area contributed by atoms with Crippen LogP contribution in [0, 0.1) is 12.8 Å². The number of aromatic nitrogens is 2. The first kappa shape index (κ1) is 20.2. The van der Waals surface area contributed by atoms with E-state index >= 15 is 0 Å². The summed E-state index contributed by atoms with van der Waals surface area (Å²) >= 11 is 1.64. The minimum Gasteiger partial charge on any atom is -0.376 e. The Hall–Kier alpha value is -2.12. The molecule has 3 heterocycles. The van der Waals surface area contributed by atoms with Gasteiger partial charge in [0.05, 0.1) is 6.10 Å². The fourth-order valence-electron chi connectivity index (χ4n) is 3.84. The molecule has 1 atom stereocenters. The van der Waals surface area contributed by atoms with Crippen LogP contribution in [0.2, 0.25) is 0 Å². The van der Waals surface area contributed by atoms with E-state index in [1.807, 2.05) is 0 Å². The highest BCUT2D eigenvalue weighted by molar-refractivity contribution is 7.99. The predicted molar refractivity (Wildman–Crippen MR) is 114 cm³/mol. The van der Waals surface area contributed by atoms with Gasteiger partial charge in [0.1, 0.15) is 5.03 Å². The molecule has 7 heteroatoms. The SMILES string of the molecule is Cc1ccc(Sc2nccnc2N2CCC(C(=O)NC[C@H]3CCCO3)CC2)cc1. The van der Waals surface area contributed by atoms with Crippen LogP contribution < -0.4 is 10.2 Å². The Kier molecular flexibility index (Phi) is 6.67. The molecule has 0 aliphatic carbocycles. The number of hydrogen-bond acceptors (Lipinski definition) is 6. The van der Waals surface area contributed by atoms with Crippen LogP contribution in [0.1, 0.15) is 31.2 Å². The minimum absolute atomic E-state index is 0.0672. The summed E-state index contributed by atoms with van der Waals surface area (Å²) in [6.07, 6.45) is 7.50. The second kappa shape index (κ2) is 9.59. The summed E-state index contributed by atoms with van der Waals surface area (Å²) < 4.78 is 5.59. The Morgan fingerprint density at radius 3 is 2.66 bits per heavy atom. The van der Waals surface area contributed by atoms with Crippen molar-refractivity contribution in [1.82, 2.24) is 15.3 Å². The number of nitrogens with one attached hydrogen (secondary N) is 1. The third-order valence-corrected chi connectivity index (χ3v) is 6.56. The van der Waals surface area contributed by atoms with Crippen molar-refractivity contribution in [3.8, 4) is 0 Å². The molecule has 0 spiro atoms. The molecular weight excluding hydrogens is 384 g/mol. The summed E-state index contributed by atoms with van der Waals surface area (Å²) in [5, 5.41) is 4.00. The molecule has 29 heavy (non-hydrogen) atoms. The lowest BCUT2D eigenvalue weighted by atomic mass is 9.96. The molecule has 2 saturated heterocycles. The molecule has 2 fully saturated rings. The van der Waals surface area contributed by atoms with Gasteiger partial charge < -0.3 is 15.0 Å². The van der Waals surface area contributed by atoms with Gasteiger partial charge in [-0.3, -0.25) is 4.79 Å². The van der Waals surface area contributed by atoms with Crippen molar-refractivity contribution in [1.29, 1.82) is 0 Å². The number of anilines is 1. The highest BCUT2D eigenvalue weighted by atomic mass is 32.2. The van der Waals surface area contributed by atoms with Crippen LogP contribution in [0.15, 0.2) is 46.6 Å². The Morgan fingerprint density at radius 2 is 1.93 bits per heavy atom. The van der Waals surface area contributed by atoms with Gasteiger partial charge in [-0.05, 0) is 44.7 Å². The van der Waals surface area contributed by atoms with Gasteiger partial charge in [0.15, 0.2) is 5.82 Å². The maximum Gasteiger partial charge on any atom is 0.223 e. The summed E-state index contributed by atoms with van der Waals surface area (Å²) in [6, 6.07) is 8.45. The summed E-state index contributed by atoms with van der Waals surface area (Å²) in [5.41, 5.74) is 1.24. The van der Waals surface area contributed by atoms with E-state index in [-0.39, 0.29) is 17.9 Å². The van der Waals surface area contributed by atoms with Gasteiger partial charge in [0.25, 0.3) is 0 Å². The van der Waals surface area contributed by atoms with Crippen molar-refractivity contribution < 1.29 is 9.53 Å². The van der Waals surface area contributed by atoms with E-state index < -0.39 is 0 Å². The average Bonchev–Trinajstić information content (AvgIpc) is 3.28. The van der Waals surface area contributed by atoms with E-state index in [0.29, 0.717) is 6.54 Å². The lowest BCUT2D eigenvalue weighted by molar-refractivity contribution is -0.126. The van der Waals surface area contributed by atoms with Gasteiger partial charge in [0.2, 0.25) is 5.91 Å². The largest absolute Gasteiger partial charge is 0.376 e. The van der Waals surface area contributed by atoms with Crippen LogP contribution in [0.25, 0.3) is 0 Å². The second-order valence-corrected chi connectivity index (χ2v) is 8.80. The third kappa shape index (κ3) is 5.28. The zero-order valence-electron chi connectivity index (χ0n) is 16.8. The molecule has 4 rings (SSSR count). The number of rotatable bonds is 6. The van der Waals surface area contributed by atoms with E-state index in [2.05, 4.69) is 51.4 Å². The van der Waals surface area contributed by atoms with Crippen molar-refractivity contribution in [3.63, 3.8) is 0 Å². The van der Waals surface area contributed by atoms with Crippen molar-refractivity contribution in [2.45, 2.75) is 48.6 Å². The zero-order chi connectivity index (χ0) is 20.1. The van der Waals surface area contributed by atoms with Gasteiger partial charge in [-0.25, -0.2) is 9.97 Å². The average molecular weight is 413 g/mol. The molecule has 0 unspecified atom stereocenters. The van der Waals surface area contributed by atoms with E-state index in [4.69, 9.17) is 4.74 Å². The Morgan fingerprint density at radius 1 is 1.17 bits per heavy atom. The zero-order valence-corrected chi connectivity index (χ0v) is 17.7. The Bertz CT molecular complexity index is 816. The van der Waals surface area contributed by atoms with E-state index in [0.717, 1.165) is 61.1 Å². The fourth-order valence-corrected chi connectivity index (χ4v) is 4.72. The van der Waals surface area contributed by atoms with Crippen LogP contribution in [-0.2, 0) is 9.53 Å². The summed E-state index contributed by atoms with van der Waals surface area (Å²) in [4.78, 5) is 25.1. The Labute approximate surface area is 176 Å². The maximum absolute atomic E-state index is 12.5. The number of hydrogen-bond donors (Lipinski definition) is 1. The predicted octanol–water partition coefficient (Wildman–Crippen LogP) is 3.45. The van der Waals surface area contributed by atoms with Crippen LogP contribution >= 0.6 is 11.8 Å². The Balaban J connectivity index is 1.33.